The number of hydrogen-bond donors (Lipinski definition) is 1. The van der Waals surface area contributed by atoms with Crippen LogP contribution in [0.2, 0.25) is 0 Å². The fraction of sp³-hybridized carbons (Fsp3) is 0.308. The standard InChI is InChI=1S/C13H16N2S/c1-9-6-8-16-13(9)12(14)10(2)11-5-3-4-7-15-11/h3-8,10,12H,14H2,1-2H3. The van der Waals surface area contributed by atoms with Gasteiger partial charge in [0.05, 0.1) is 0 Å². The summed E-state index contributed by atoms with van der Waals surface area (Å²) in [7, 11) is 0. The Hall–Kier alpha value is -1.19. The van der Waals surface area contributed by atoms with Crippen molar-refractivity contribution in [2.75, 3.05) is 0 Å². The number of nitrogens with two attached hydrogens (primary N) is 1. The summed E-state index contributed by atoms with van der Waals surface area (Å²) in [5.74, 6) is 0.249. The molecule has 0 aliphatic rings. The summed E-state index contributed by atoms with van der Waals surface area (Å²) in [6.45, 7) is 4.24. The molecule has 2 aromatic rings. The second-order valence-corrected chi connectivity index (χ2v) is 4.98. The fourth-order valence-corrected chi connectivity index (χ4v) is 2.82. The van der Waals surface area contributed by atoms with Gasteiger partial charge in [-0.25, -0.2) is 0 Å². The van der Waals surface area contributed by atoms with E-state index in [1.54, 1.807) is 11.3 Å². The Labute approximate surface area is 100 Å². The third-order valence-corrected chi connectivity index (χ3v) is 4.02. The van der Waals surface area contributed by atoms with Gasteiger partial charge >= 0.3 is 0 Å². The van der Waals surface area contributed by atoms with Gasteiger partial charge in [-0.2, -0.15) is 0 Å². The highest BCUT2D eigenvalue weighted by Gasteiger charge is 2.20. The first-order valence-electron chi connectivity index (χ1n) is 5.40. The first-order valence-corrected chi connectivity index (χ1v) is 6.28. The van der Waals surface area contributed by atoms with E-state index < -0.39 is 0 Å². The average molecular weight is 232 g/mol. The molecule has 0 radical (unpaired) electrons. The zero-order chi connectivity index (χ0) is 11.5. The van der Waals surface area contributed by atoms with E-state index >= 15 is 0 Å². The van der Waals surface area contributed by atoms with Gasteiger partial charge in [0.1, 0.15) is 0 Å². The van der Waals surface area contributed by atoms with E-state index in [1.165, 1.54) is 10.4 Å². The maximum atomic E-state index is 6.29. The molecule has 0 bridgehead atoms. The van der Waals surface area contributed by atoms with E-state index in [1.807, 2.05) is 24.4 Å². The van der Waals surface area contributed by atoms with Crippen LogP contribution in [0.3, 0.4) is 0 Å². The normalized spacial score (nSPS) is 14.7. The van der Waals surface area contributed by atoms with Crippen molar-refractivity contribution in [1.29, 1.82) is 0 Å². The maximum absolute atomic E-state index is 6.29. The molecule has 2 unspecified atom stereocenters. The van der Waals surface area contributed by atoms with Crippen LogP contribution in [0.15, 0.2) is 35.8 Å². The highest BCUT2D eigenvalue weighted by molar-refractivity contribution is 7.10. The van der Waals surface area contributed by atoms with Crippen molar-refractivity contribution in [2.45, 2.75) is 25.8 Å². The van der Waals surface area contributed by atoms with Gasteiger partial charge in [-0.3, -0.25) is 4.98 Å². The Kier molecular flexibility index (Phi) is 3.36. The molecule has 2 aromatic heterocycles. The molecule has 2 nitrogen and oxygen atoms in total. The largest absolute Gasteiger partial charge is 0.323 e. The zero-order valence-corrected chi connectivity index (χ0v) is 10.4. The van der Waals surface area contributed by atoms with Gasteiger partial charge in [0.15, 0.2) is 0 Å². The molecule has 2 atom stereocenters. The lowest BCUT2D eigenvalue weighted by atomic mass is 9.96. The average Bonchev–Trinajstić information content (AvgIpc) is 2.75. The van der Waals surface area contributed by atoms with Crippen molar-refractivity contribution in [3.05, 3.63) is 52.0 Å². The van der Waals surface area contributed by atoms with E-state index in [4.69, 9.17) is 5.73 Å². The molecule has 0 saturated carbocycles. The van der Waals surface area contributed by atoms with Crippen LogP contribution in [-0.4, -0.2) is 4.98 Å². The van der Waals surface area contributed by atoms with Crippen LogP contribution in [-0.2, 0) is 0 Å². The smallest absolute Gasteiger partial charge is 0.0474 e. The second-order valence-electron chi connectivity index (χ2n) is 4.04. The SMILES string of the molecule is Cc1ccsc1C(N)C(C)c1ccccn1. The molecule has 0 amide bonds. The zero-order valence-electron chi connectivity index (χ0n) is 9.55. The molecule has 84 valence electrons. The number of aromatic nitrogens is 1. The molecule has 3 heteroatoms. The van der Waals surface area contributed by atoms with Crippen molar-refractivity contribution in [3.63, 3.8) is 0 Å². The minimum Gasteiger partial charge on any atom is -0.323 e. The Morgan fingerprint density at radius 3 is 2.69 bits per heavy atom. The van der Waals surface area contributed by atoms with Crippen molar-refractivity contribution in [3.8, 4) is 0 Å². The monoisotopic (exact) mass is 232 g/mol. The van der Waals surface area contributed by atoms with Crippen molar-refractivity contribution in [1.82, 2.24) is 4.98 Å². The Bertz CT molecular complexity index is 450. The van der Waals surface area contributed by atoms with Crippen molar-refractivity contribution < 1.29 is 0 Å². The summed E-state index contributed by atoms with van der Waals surface area (Å²) in [4.78, 5) is 5.63. The van der Waals surface area contributed by atoms with Crippen LogP contribution in [0.1, 0.15) is 35.0 Å². The lowest BCUT2D eigenvalue weighted by molar-refractivity contribution is 0.590. The Morgan fingerprint density at radius 1 is 1.31 bits per heavy atom. The number of pyridine rings is 1. The van der Waals surface area contributed by atoms with Crippen LogP contribution in [0.25, 0.3) is 0 Å². The van der Waals surface area contributed by atoms with Crippen LogP contribution in [0.5, 0.6) is 0 Å². The molecule has 2 rings (SSSR count). The second kappa shape index (κ2) is 4.76. The predicted octanol–water partition coefficient (Wildman–Crippen LogP) is 3.26. The van der Waals surface area contributed by atoms with Gasteiger partial charge in [-0.1, -0.05) is 13.0 Å². The van der Waals surface area contributed by atoms with Crippen molar-refractivity contribution in [2.24, 2.45) is 5.73 Å². The predicted molar refractivity (Wildman–Crippen MR) is 68.6 cm³/mol. The molecular weight excluding hydrogens is 216 g/mol. The van der Waals surface area contributed by atoms with Gasteiger partial charge in [0.25, 0.3) is 0 Å². The van der Waals surface area contributed by atoms with E-state index in [0.29, 0.717) is 0 Å². The lowest BCUT2D eigenvalue weighted by Crippen LogP contribution is -2.18. The number of nitrogens with zero attached hydrogens (tertiary/aromatic N) is 1. The minimum atomic E-state index is 0.0369. The van der Waals surface area contributed by atoms with Gasteiger partial charge in [-0.05, 0) is 36.1 Å². The molecule has 2 heterocycles. The van der Waals surface area contributed by atoms with E-state index in [0.717, 1.165) is 5.69 Å². The van der Waals surface area contributed by atoms with Crippen LogP contribution in [0, 0.1) is 6.92 Å². The van der Waals surface area contributed by atoms with Gasteiger partial charge in [0.2, 0.25) is 0 Å². The summed E-state index contributed by atoms with van der Waals surface area (Å²) >= 11 is 1.73. The number of hydrogen-bond acceptors (Lipinski definition) is 3. The summed E-state index contributed by atoms with van der Waals surface area (Å²) in [5.41, 5.74) is 8.62. The maximum Gasteiger partial charge on any atom is 0.0474 e. The molecule has 16 heavy (non-hydrogen) atoms. The van der Waals surface area contributed by atoms with Crippen LogP contribution < -0.4 is 5.73 Å². The fourth-order valence-electron chi connectivity index (χ4n) is 1.78. The topological polar surface area (TPSA) is 38.9 Å². The Balaban J connectivity index is 2.23. The highest BCUT2D eigenvalue weighted by atomic mass is 32.1. The van der Waals surface area contributed by atoms with Crippen molar-refractivity contribution >= 4 is 11.3 Å². The molecule has 0 aliphatic carbocycles. The summed E-state index contributed by atoms with van der Waals surface area (Å²) in [6.07, 6.45) is 1.82. The summed E-state index contributed by atoms with van der Waals surface area (Å²) in [5, 5.41) is 2.09. The van der Waals surface area contributed by atoms with Gasteiger partial charge in [0, 0.05) is 28.7 Å². The molecular formula is C13H16N2S. The van der Waals surface area contributed by atoms with E-state index in [2.05, 4.69) is 30.3 Å². The first-order chi connectivity index (χ1) is 7.70. The summed E-state index contributed by atoms with van der Waals surface area (Å²) in [6, 6.07) is 8.12. The lowest BCUT2D eigenvalue weighted by Gasteiger charge is -2.19. The molecule has 2 N–H and O–H groups in total. The Morgan fingerprint density at radius 2 is 2.12 bits per heavy atom. The molecule has 0 saturated heterocycles. The highest BCUT2D eigenvalue weighted by Crippen LogP contribution is 2.32. The van der Waals surface area contributed by atoms with Crippen LogP contribution >= 0.6 is 11.3 Å². The summed E-state index contributed by atoms with van der Waals surface area (Å²) < 4.78 is 0. The van der Waals surface area contributed by atoms with E-state index in [9.17, 15) is 0 Å². The first kappa shape index (κ1) is 11.3. The van der Waals surface area contributed by atoms with Crippen LogP contribution in [0.4, 0.5) is 0 Å². The number of aryl methyl sites for hydroxylation is 1. The van der Waals surface area contributed by atoms with E-state index in [-0.39, 0.29) is 12.0 Å². The van der Waals surface area contributed by atoms with Gasteiger partial charge in [-0.15, -0.1) is 11.3 Å². The molecule has 0 spiro atoms. The quantitative estimate of drug-likeness (QED) is 0.882. The number of rotatable bonds is 3. The molecule has 0 aromatic carbocycles. The molecule has 0 aliphatic heterocycles. The minimum absolute atomic E-state index is 0.0369. The molecule has 0 fully saturated rings. The third kappa shape index (κ3) is 2.15. The van der Waals surface area contributed by atoms with Gasteiger partial charge < -0.3 is 5.73 Å². The third-order valence-electron chi connectivity index (χ3n) is 2.90. The number of thiophene rings is 1.